The Labute approximate surface area is 147 Å². The van der Waals surface area contributed by atoms with Crippen LogP contribution in [-0.2, 0) is 6.54 Å². The number of halogens is 1. The SMILES string of the molecule is CN1CCN(c2ccc(F)cc2)c2ccc(-c3ccccn3)cc2C1. The summed E-state index contributed by atoms with van der Waals surface area (Å²) in [6.07, 6.45) is 1.82. The molecule has 4 heteroatoms. The zero-order valence-electron chi connectivity index (χ0n) is 14.2. The average molecular weight is 333 g/mol. The van der Waals surface area contributed by atoms with Gasteiger partial charge in [0.15, 0.2) is 0 Å². The molecule has 2 aromatic carbocycles. The van der Waals surface area contributed by atoms with Crippen LogP contribution in [0.1, 0.15) is 5.56 Å². The molecule has 0 bridgehead atoms. The molecule has 3 aromatic rings. The maximum Gasteiger partial charge on any atom is 0.123 e. The molecule has 0 spiro atoms. The van der Waals surface area contributed by atoms with Crippen molar-refractivity contribution < 1.29 is 4.39 Å². The Balaban J connectivity index is 1.78. The first-order chi connectivity index (χ1) is 12.2. The highest BCUT2D eigenvalue weighted by atomic mass is 19.1. The Morgan fingerprint density at radius 2 is 1.80 bits per heavy atom. The molecule has 0 saturated heterocycles. The lowest BCUT2D eigenvalue weighted by Crippen LogP contribution is -2.26. The monoisotopic (exact) mass is 333 g/mol. The summed E-state index contributed by atoms with van der Waals surface area (Å²) in [6.45, 7) is 2.71. The van der Waals surface area contributed by atoms with Gasteiger partial charge in [0.1, 0.15) is 5.82 Å². The van der Waals surface area contributed by atoms with Gasteiger partial charge in [0.05, 0.1) is 5.69 Å². The Morgan fingerprint density at radius 3 is 2.56 bits per heavy atom. The van der Waals surface area contributed by atoms with Crippen LogP contribution in [0, 0.1) is 5.82 Å². The van der Waals surface area contributed by atoms with Crippen LogP contribution in [0.4, 0.5) is 15.8 Å². The fourth-order valence-corrected chi connectivity index (χ4v) is 3.32. The minimum absolute atomic E-state index is 0.207. The van der Waals surface area contributed by atoms with Gasteiger partial charge in [-0.05, 0) is 61.1 Å². The number of pyridine rings is 1. The maximum absolute atomic E-state index is 13.3. The third-order valence-corrected chi connectivity index (χ3v) is 4.61. The molecule has 0 aliphatic carbocycles. The zero-order chi connectivity index (χ0) is 17.2. The van der Waals surface area contributed by atoms with E-state index in [1.807, 2.05) is 36.5 Å². The van der Waals surface area contributed by atoms with Crippen molar-refractivity contribution in [2.75, 3.05) is 25.0 Å². The molecule has 0 amide bonds. The number of hydrogen-bond acceptors (Lipinski definition) is 3. The van der Waals surface area contributed by atoms with E-state index in [1.165, 1.54) is 23.4 Å². The number of rotatable bonds is 2. The highest BCUT2D eigenvalue weighted by molar-refractivity contribution is 5.72. The van der Waals surface area contributed by atoms with Crippen molar-refractivity contribution in [2.45, 2.75) is 6.54 Å². The van der Waals surface area contributed by atoms with E-state index in [-0.39, 0.29) is 5.82 Å². The van der Waals surface area contributed by atoms with Crippen LogP contribution < -0.4 is 4.90 Å². The van der Waals surface area contributed by atoms with Crippen LogP contribution in [0.15, 0.2) is 66.9 Å². The van der Waals surface area contributed by atoms with Gasteiger partial charge in [-0.25, -0.2) is 4.39 Å². The van der Waals surface area contributed by atoms with Gasteiger partial charge in [-0.2, -0.15) is 0 Å². The van der Waals surface area contributed by atoms with Crippen molar-refractivity contribution in [2.24, 2.45) is 0 Å². The van der Waals surface area contributed by atoms with E-state index in [0.29, 0.717) is 0 Å². The first-order valence-electron chi connectivity index (χ1n) is 8.47. The highest BCUT2D eigenvalue weighted by Gasteiger charge is 2.20. The topological polar surface area (TPSA) is 19.4 Å². The number of anilines is 2. The van der Waals surface area contributed by atoms with Gasteiger partial charge in [0.2, 0.25) is 0 Å². The number of fused-ring (bicyclic) bond motifs is 1. The summed E-state index contributed by atoms with van der Waals surface area (Å²) < 4.78 is 13.3. The number of likely N-dealkylation sites (N-methyl/N-ethyl adjacent to an activating group) is 1. The molecular formula is C21H20FN3. The molecule has 0 atom stereocenters. The Bertz CT molecular complexity index is 862. The molecule has 4 rings (SSSR count). The van der Waals surface area contributed by atoms with Gasteiger partial charge >= 0.3 is 0 Å². The Kier molecular flexibility index (Phi) is 4.20. The number of aromatic nitrogens is 1. The summed E-state index contributed by atoms with van der Waals surface area (Å²) in [7, 11) is 2.13. The molecule has 1 aliphatic rings. The van der Waals surface area contributed by atoms with Gasteiger partial charge in [-0.3, -0.25) is 4.98 Å². The fourth-order valence-electron chi connectivity index (χ4n) is 3.32. The van der Waals surface area contributed by atoms with E-state index < -0.39 is 0 Å². The molecule has 2 heterocycles. The molecule has 126 valence electrons. The van der Waals surface area contributed by atoms with Gasteiger partial charge in [-0.15, -0.1) is 0 Å². The van der Waals surface area contributed by atoms with Gasteiger partial charge in [0.25, 0.3) is 0 Å². The molecule has 0 N–H and O–H groups in total. The maximum atomic E-state index is 13.3. The van der Waals surface area contributed by atoms with Crippen molar-refractivity contribution in [1.29, 1.82) is 0 Å². The van der Waals surface area contributed by atoms with Crippen molar-refractivity contribution in [3.05, 3.63) is 78.2 Å². The molecule has 25 heavy (non-hydrogen) atoms. The molecule has 0 saturated carbocycles. The summed E-state index contributed by atoms with van der Waals surface area (Å²) in [6, 6.07) is 19.2. The standard InChI is InChI=1S/C21H20FN3/c1-24-12-13-25(19-8-6-18(22)7-9-19)21-10-5-16(14-17(21)15-24)20-4-2-3-11-23-20/h2-11,14H,12-13,15H2,1H3. The van der Waals surface area contributed by atoms with Crippen LogP contribution >= 0.6 is 0 Å². The van der Waals surface area contributed by atoms with Crippen LogP contribution in [0.2, 0.25) is 0 Å². The highest BCUT2D eigenvalue weighted by Crippen LogP contribution is 2.34. The van der Waals surface area contributed by atoms with E-state index in [1.54, 1.807) is 0 Å². The minimum Gasteiger partial charge on any atom is -0.340 e. The number of benzene rings is 2. The van der Waals surface area contributed by atoms with Gasteiger partial charge < -0.3 is 9.80 Å². The summed E-state index contributed by atoms with van der Waals surface area (Å²) in [5.74, 6) is -0.207. The van der Waals surface area contributed by atoms with Crippen LogP contribution in [0.5, 0.6) is 0 Å². The molecular weight excluding hydrogens is 313 g/mol. The minimum atomic E-state index is -0.207. The summed E-state index contributed by atoms with van der Waals surface area (Å²) >= 11 is 0. The second kappa shape index (κ2) is 6.65. The van der Waals surface area contributed by atoms with E-state index in [4.69, 9.17) is 0 Å². The zero-order valence-corrected chi connectivity index (χ0v) is 14.2. The molecule has 3 nitrogen and oxygen atoms in total. The van der Waals surface area contributed by atoms with E-state index in [9.17, 15) is 4.39 Å². The smallest absolute Gasteiger partial charge is 0.123 e. The van der Waals surface area contributed by atoms with Crippen molar-refractivity contribution >= 4 is 11.4 Å². The van der Waals surface area contributed by atoms with Crippen LogP contribution in [0.3, 0.4) is 0 Å². The molecule has 0 fully saturated rings. The predicted octanol–water partition coefficient (Wildman–Crippen LogP) is 4.47. The molecule has 1 aliphatic heterocycles. The first kappa shape index (κ1) is 15.8. The van der Waals surface area contributed by atoms with E-state index in [2.05, 4.69) is 40.0 Å². The second-order valence-corrected chi connectivity index (χ2v) is 6.42. The lowest BCUT2D eigenvalue weighted by molar-refractivity contribution is 0.343. The van der Waals surface area contributed by atoms with Crippen molar-refractivity contribution in [3.8, 4) is 11.3 Å². The van der Waals surface area contributed by atoms with Gasteiger partial charge in [-0.1, -0.05) is 12.1 Å². The van der Waals surface area contributed by atoms with Crippen molar-refractivity contribution in [1.82, 2.24) is 9.88 Å². The molecule has 1 aromatic heterocycles. The molecule has 0 radical (unpaired) electrons. The third-order valence-electron chi connectivity index (χ3n) is 4.61. The van der Waals surface area contributed by atoms with E-state index in [0.717, 1.165) is 36.6 Å². The fraction of sp³-hybridized carbons (Fsp3) is 0.190. The van der Waals surface area contributed by atoms with Crippen LogP contribution in [0.25, 0.3) is 11.3 Å². The quantitative estimate of drug-likeness (QED) is 0.690. The normalized spacial score (nSPS) is 14.9. The third kappa shape index (κ3) is 3.26. The summed E-state index contributed by atoms with van der Waals surface area (Å²) in [5, 5.41) is 0. The lowest BCUT2D eigenvalue weighted by Gasteiger charge is -2.25. The second-order valence-electron chi connectivity index (χ2n) is 6.42. The van der Waals surface area contributed by atoms with Gasteiger partial charge in [0, 0.05) is 42.8 Å². The largest absolute Gasteiger partial charge is 0.340 e. The predicted molar refractivity (Wildman–Crippen MR) is 99.4 cm³/mol. The van der Waals surface area contributed by atoms with E-state index >= 15 is 0 Å². The number of nitrogens with zero attached hydrogens (tertiary/aromatic N) is 3. The average Bonchev–Trinajstić information content (AvgIpc) is 2.81. The lowest BCUT2D eigenvalue weighted by atomic mass is 10.0. The van der Waals surface area contributed by atoms with Crippen molar-refractivity contribution in [3.63, 3.8) is 0 Å². The van der Waals surface area contributed by atoms with Crippen LogP contribution in [-0.4, -0.2) is 30.0 Å². The first-order valence-corrected chi connectivity index (χ1v) is 8.47. The molecule has 0 unspecified atom stereocenters. The number of hydrogen-bond donors (Lipinski definition) is 0. The Hall–Kier alpha value is -2.72. The Morgan fingerprint density at radius 1 is 0.960 bits per heavy atom. The summed E-state index contributed by atoms with van der Waals surface area (Å²) in [4.78, 5) is 9.03. The summed E-state index contributed by atoms with van der Waals surface area (Å²) in [5.41, 5.74) is 5.55.